The van der Waals surface area contributed by atoms with Gasteiger partial charge in [-0.1, -0.05) is 111 Å². The Balaban J connectivity index is 1.15. The minimum Gasteiger partial charge on any atom is -0.310 e. The molecular formula is C66H50N10Si2. The normalized spacial score (nSPS) is 13.8. The molecule has 14 rings (SSSR count). The van der Waals surface area contributed by atoms with Crippen LogP contribution in [0.15, 0.2) is 231 Å². The van der Waals surface area contributed by atoms with Gasteiger partial charge >= 0.3 is 0 Å². The number of nitrogens with zero attached hydrogens (tertiary/aromatic N) is 10. The molecule has 0 saturated carbocycles. The molecule has 0 N–H and O–H groups in total. The Kier molecular flexibility index (Phi) is 11.2. The number of benzene rings is 6. The van der Waals surface area contributed by atoms with Crippen LogP contribution in [0.3, 0.4) is 0 Å². The van der Waals surface area contributed by atoms with Gasteiger partial charge in [0.2, 0.25) is 0 Å². The van der Waals surface area contributed by atoms with Gasteiger partial charge in [0.25, 0.3) is 0 Å². The standard InChI is InChI=1S/C66H50N10Si2/c1-77(2)61-27-9-5-23-55(61)75(56-24-6-10-28-62(56)77)59-37-45(53-39-51(43-19-17-31-67-41-43)71-65(73-53)49-21-13-15-33-69-49)36-48-47(59)35-46(54-40-52(44-20-18-32-68-42-44)72-66(74-54)50-22-14-16-34-70-50)38-60(48)76-57-25-7-11-29-63(57)78(3,4)64-30-12-8-26-58(64)76/h5-42H,1-4H3. The lowest BCUT2D eigenvalue weighted by Crippen LogP contribution is -2.58. The van der Waals surface area contributed by atoms with Crippen molar-refractivity contribution >= 4 is 81.8 Å². The summed E-state index contributed by atoms with van der Waals surface area (Å²) in [6, 6.07) is 69.2. The smallest absolute Gasteiger partial charge is 0.179 e. The van der Waals surface area contributed by atoms with Gasteiger partial charge in [-0.3, -0.25) is 19.9 Å². The molecule has 8 heterocycles. The fraction of sp³-hybridized carbons (Fsp3) is 0.0606. The Hall–Kier alpha value is -9.63. The van der Waals surface area contributed by atoms with Crippen molar-refractivity contribution in [3.63, 3.8) is 0 Å². The Morgan fingerprint density at radius 1 is 0.295 bits per heavy atom. The van der Waals surface area contributed by atoms with E-state index < -0.39 is 16.1 Å². The number of hydrogen-bond donors (Lipinski definition) is 0. The first-order valence-corrected chi connectivity index (χ1v) is 32.2. The summed E-state index contributed by atoms with van der Waals surface area (Å²) in [4.78, 5) is 44.8. The maximum absolute atomic E-state index is 5.44. The molecule has 78 heavy (non-hydrogen) atoms. The number of aromatic nitrogens is 8. The molecule has 0 amide bonds. The summed E-state index contributed by atoms with van der Waals surface area (Å²) in [7, 11) is -4.44. The van der Waals surface area contributed by atoms with Gasteiger partial charge in [0.05, 0.1) is 34.2 Å². The first kappa shape index (κ1) is 46.9. The summed E-state index contributed by atoms with van der Waals surface area (Å²) in [6.07, 6.45) is 10.9. The SMILES string of the molecule is C[Si]1(C)c2ccccc2N(c2cc(-c3cc(-c4cccnc4)nc(-c4ccccn4)n3)cc3c(N4c5ccccc5[Si](C)(C)c5ccccc54)cc(-c4cc(-c5cccnc5)nc(-c5ccccn5)n4)cc23)c2ccccc21. The van der Waals surface area contributed by atoms with Gasteiger partial charge < -0.3 is 9.80 Å². The Bertz CT molecular complexity index is 3800. The molecule has 0 radical (unpaired) electrons. The van der Waals surface area contributed by atoms with Gasteiger partial charge in [-0.2, -0.15) is 0 Å². The van der Waals surface area contributed by atoms with Crippen molar-refractivity contribution in [1.29, 1.82) is 0 Å². The van der Waals surface area contributed by atoms with Crippen LogP contribution in [0.1, 0.15) is 0 Å². The molecule has 0 saturated heterocycles. The minimum absolute atomic E-state index is 0.522. The van der Waals surface area contributed by atoms with Gasteiger partial charge in [-0.25, -0.2) is 19.9 Å². The van der Waals surface area contributed by atoms with Gasteiger partial charge in [0, 0.05) is 93.0 Å². The van der Waals surface area contributed by atoms with Crippen LogP contribution in [0.4, 0.5) is 34.1 Å². The maximum Gasteiger partial charge on any atom is 0.179 e. The molecule has 372 valence electrons. The summed E-state index contributed by atoms with van der Waals surface area (Å²) < 4.78 is 0. The molecule has 6 aromatic heterocycles. The maximum atomic E-state index is 5.44. The fourth-order valence-corrected chi connectivity index (χ4v) is 17.7. The molecule has 12 heteroatoms. The quantitative estimate of drug-likeness (QED) is 0.136. The van der Waals surface area contributed by atoms with E-state index in [9.17, 15) is 0 Å². The molecule has 0 bridgehead atoms. The van der Waals surface area contributed by atoms with E-state index in [1.807, 2.05) is 73.1 Å². The highest BCUT2D eigenvalue weighted by molar-refractivity contribution is 7.03. The molecular weight excluding hydrogens is 989 g/mol. The van der Waals surface area contributed by atoms with Crippen molar-refractivity contribution in [2.75, 3.05) is 9.80 Å². The molecule has 0 aliphatic carbocycles. The van der Waals surface area contributed by atoms with Crippen molar-refractivity contribution < 1.29 is 0 Å². The summed E-state index contributed by atoms with van der Waals surface area (Å²) in [5, 5.41) is 7.50. The predicted molar refractivity (Wildman–Crippen MR) is 322 cm³/mol. The van der Waals surface area contributed by atoms with E-state index in [-0.39, 0.29) is 0 Å². The van der Waals surface area contributed by atoms with E-state index in [1.165, 1.54) is 20.7 Å². The van der Waals surface area contributed by atoms with Gasteiger partial charge in [-0.15, -0.1) is 0 Å². The Morgan fingerprint density at radius 3 is 0.974 bits per heavy atom. The largest absolute Gasteiger partial charge is 0.310 e. The van der Waals surface area contributed by atoms with Crippen molar-refractivity contribution in [2.45, 2.75) is 26.2 Å². The van der Waals surface area contributed by atoms with E-state index in [0.29, 0.717) is 23.0 Å². The Morgan fingerprint density at radius 2 is 0.641 bits per heavy atom. The second-order valence-electron chi connectivity index (χ2n) is 20.9. The topological polar surface area (TPSA) is 110 Å². The number of anilines is 6. The highest BCUT2D eigenvalue weighted by Gasteiger charge is 2.41. The second-order valence-corrected chi connectivity index (χ2v) is 29.6. The first-order valence-electron chi connectivity index (χ1n) is 26.2. The van der Waals surface area contributed by atoms with Gasteiger partial charge in [-0.05, 0) is 130 Å². The Labute approximate surface area is 454 Å². The predicted octanol–water partition coefficient (Wildman–Crippen LogP) is 13.2. The second kappa shape index (κ2) is 18.6. The van der Waals surface area contributed by atoms with Crippen molar-refractivity contribution in [3.05, 3.63) is 231 Å². The average Bonchev–Trinajstić information content (AvgIpc) is 3.68. The van der Waals surface area contributed by atoms with E-state index in [2.05, 4.69) is 179 Å². The monoisotopic (exact) mass is 1040 g/mol. The van der Waals surface area contributed by atoms with Crippen molar-refractivity contribution in [2.24, 2.45) is 0 Å². The summed E-state index contributed by atoms with van der Waals surface area (Å²) >= 11 is 0. The summed E-state index contributed by atoms with van der Waals surface area (Å²) in [5.74, 6) is 1.04. The van der Waals surface area contributed by atoms with Gasteiger partial charge in [0.1, 0.15) is 27.5 Å². The van der Waals surface area contributed by atoms with Crippen molar-refractivity contribution in [3.8, 4) is 68.1 Å². The van der Waals surface area contributed by atoms with Crippen LogP contribution in [0.5, 0.6) is 0 Å². The zero-order valence-electron chi connectivity index (χ0n) is 43.4. The zero-order chi connectivity index (χ0) is 52.5. The fourth-order valence-electron chi connectivity index (χ4n) is 11.7. The molecule has 0 fully saturated rings. The van der Waals surface area contributed by atoms with E-state index >= 15 is 0 Å². The average molecular weight is 1040 g/mol. The first-order chi connectivity index (χ1) is 38.2. The number of para-hydroxylation sites is 4. The molecule has 10 nitrogen and oxygen atoms in total. The van der Waals surface area contributed by atoms with Crippen LogP contribution in [-0.4, -0.2) is 56.0 Å². The highest BCUT2D eigenvalue weighted by Crippen LogP contribution is 2.50. The highest BCUT2D eigenvalue weighted by atomic mass is 28.3. The lowest BCUT2D eigenvalue weighted by atomic mass is 9.94. The third-order valence-corrected chi connectivity index (χ3v) is 22.6. The minimum atomic E-state index is -2.22. The number of fused-ring (bicyclic) bond motifs is 5. The number of rotatable bonds is 8. The molecule has 0 spiro atoms. The van der Waals surface area contributed by atoms with Crippen LogP contribution in [-0.2, 0) is 0 Å². The van der Waals surface area contributed by atoms with E-state index in [0.717, 1.165) is 89.9 Å². The molecule has 6 aromatic carbocycles. The van der Waals surface area contributed by atoms with E-state index in [1.54, 1.807) is 24.8 Å². The van der Waals surface area contributed by atoms with Crippen molar-refractivity contribution in [1.82, 2.24) is 39.9 Å². The molecule has 12 aromatic rings. The number of pyridine rings is 4. The zero-order valence-corrected chi connectivity index (χ0v) is 45.4. The molecule has 0 atom stereocenters. The van der Waals surface area contributed by atoms with Crippen LogP contribution >= 0.6 is 0 Å². The summed E-state index contributed by atoms with van der Waals surface area (Å²) in [5.41, 5.74) is 14.6. The lowest BCUT2D eigenvalue weighted by molar-refractivity contribution is 1.14. The van der Waals surface area contributed by atoms with Crippen LogP contribution in [0.2, 0.25) is 26.2 Å². The third kappa shape index (κ3) is 7.83. The third-order valence-electron chi connectivity index (χ3n) is 15.5. The molecule has 2 aliphatic rings. The number of hydrogen-bond acceptors (Lipinski definition) is 10. The lowest BCUT2D eigenvalue weighted by Gasteiger charge is -2.42. The van der Waals surface area contributed by atoms with Crippen LogP contribution in [0, 0.1) is 0 Å². The van der Waals surface area contributed by atoms with E-state index in [4.69, 9.17) is 29.9 Å². The molecule has 2 aliphatic heterocycles. The van der Waals surface area contributed by atoms with Gasteiger partial charge in [0.15, 0.2) is 11.6 Å². The van der Waals surface area contributed by atoms with Crippen LogP contribution < -0.4 is 30.5 Å². The van der Waals surface area contributed by atoms with Crippen LogP contribution in [0.25, 0.3) is 78.8 Å². The molecule has 0 unspecified atom stereocenters. The summed E-state index contributed by atoms with van der Waals surface area (Å²) in [6.45, 7) is 9.88.